The van der Waals surface area contributed by atoms with Crippen molar-refractivity contribution in [2.45, 2.75) is 97.4 Å². The highest BCUT2D eigenvalue weighted by Gasteiger charge is 2.41. The van der Waals surface area contributed by atoms with Gasteiger partial charge in [-0.25, -0.2) is 14.2 Å². The zero-order valence-electron chi connectivity index (χ0n) is 32.4. The number of phenols is 1. The Labute approximate surface area is 325 Å². The second-order valence-electron chi connectivity index (χ2n) is 16.2. The molecule has 2 aromatic carbocycles. The molecule has 13 heteroatoms. The number of nitrogens with one attached hydrogen (secondary N) is 2. The summed E-state index contributed by atoms with van der Waals surface area (Å²) in [6.45, 7) is 7.65. The number of ether oxygens (including phenoxy) is 2. The molecule has 0 radical (unpaired) electrons. The van der Waals surface area contributed by atoms with E-state index in [2.05, 4.69) is 53.2 Å². The maximum atomic E-state index is 14.3. The van der Waals surface area contributed by atoms with Crippen molar-refractivity contribution in [3.63, 3.8) is 0 Å². The summed E-state index contributed by atoms with van der Waals surface area (Å²) < 4.78 is 41.7. The SMILES string of the molecule is CCn1c(-c2cnccc2COC)c2c3cc(ccc31)-c1cc(O)cc(c1)C[C@H](NC(=O)C1CCCC1C(F)F)C(=O)N1CCC[C@H](N1)C(=O)OCC(C)(C)C2. The minimum absolute atomic E-state index is 0.0212. The molecule has 298 valence electrons. The molecule has 3 N–H and O–H groups in total. The van der Waals surface area contributed by atoms with Crippen molar-refractivity contribution in [3.05, 3.63) is 71.5 Å². The number of carbonyl (C=O) groups excluding carboxylic acids is 3. The Kier molecular flexibility index (Phi) is 11.5. The highest BCUT2D eigenvalue weighted by Crippen LogP contribution is 2.42. The number of rotatable bonds is 7. The van der Waals surface area contributed by atoms with Crippen molar-refractivity contribution < 1.29 is 37.7 Å². The number of methoxy groups -OCH3 is 1. The lowest BCUT2D eigenvalue weighted by Crippen LogP contribution is -2.61. The molecular weight excluding hydrogens is 720 g/mol. The third-order valence-electron chi connectivity index (χ3n) is 11.5. The summed E-state index contributed by atoms with van der Waals surface area (Å²) in [6.07, 6.45) is 3.49. The molecule has 4 aromatic rings. The first-order chi connectivity index (χ1) is 26.9. The summed E-state index contributed by atoms with van der Waals surface area (Å²) in [7, 11) is 1.66. The number of hydrogen-bond donors (Lipinski definition) is 3. The van der Waals surface area contributed by atoms with Crippen molar-refractivity contribution >= 4 is 28.7 Å². The summed E-state index contributed by atoms with van der Waals surface area (Å²) in [5, 5.41) is 16.2. The number of pyridine rings is 1. The maximum Gasteiger partial charge on any atom is 0.324 e. The number of phenolic OH excluding ortho intramolecular Hbond substituents is 1. The van der Waals surface area contributed by atoms with Crippen LogP contribution < -0.4 is 10.7 Å². The van der Waals surface area contributed by atoms with Crippen LogP contribution in [0.2, 0.25) is 0 Å². The van der Waals surface area contributed by atoms with Crippen molar-refractivity contribution in [2.75, 3.05) is 20.3 Å². The van der Waals surface area contributed by atoms with Crippen molar-refractivity contribution in [2.24, 2.45) is 17.3 Å². The number of nitrogens with zero attached hydrogens (tertiary/aromatic N) is 3. The Bertz CT molecular complexity index is 2120. The zero-order valence-corrected chi connectivity index (χ0v) is 32.4. The van der Waals surface area contributed by atoms with Crippen LogP contribution in [-0.4, -0.2) is 76.2 Å². The average molecular weight is 772 g/mol. The van der Waals surface area contributed by atoms with Crippen molar-refractivity contribution in [3.8, 4) is 28.1 Å². The number of alkyl halides is 2. The number of aryl methyl sites for hydroxylation is 1. The molecule has 2 unspecified atom stereocenters. The normalized spacial score (nSPS) is 22.9. The number of esters is 1. The summed E-state index contributed by atoms with van der Waals surface area (Å²) >= 11 is 0. The minimum Gasteiger partial charge on any atom is -0.508 e. The predicted octanol–water partition coefficient (Wildman–Crippen LogP) is 6.57. The Morgan fingerprint density at radius 3 is 2.70 bits per heavy atom. The van der Waals surface area contributed by atoms with Crippen LogP contribution in [0.15, 0.2) is 54.9 Å². The van der Waals surface area contributed by atoms with Gasteiger partial charge in [0.15, 0.2) is 0 Å². The maximum absolute atomic E-state index is 14.3. The number of aromatic hydroxyl groups is 1. The van der Waals surface area contributed by atoms with E-state index in [0.717, 1.165) is 38.9 Å². The van der Waals surface area contributed by atoms with Crippen LogP contribution in [0, 0.1) is 17.3 Å². The molecule has 2 fully saturated rings. The summed E-state index contributed by atoms with van der Waals surface area (Å²) in [5.41, 5.74) is 9.61. The number of aromatic nitrogens is 2. The summed E-state index contributed by atoms with van der Waals surface area (Å²) in [6, 6.07) is 11.3. The van der Waals surface area contributed by atoms with Crippen LogP contribution in [0.25, 0.3) is 33.3 Å². The highest BCUT2D eigenvalue weighted by atomic mass is 19.3. The molecule has 2 aromatic heterocycles. The van der Waals surface area contributed by atoms with Gasteiger partial charge >= 0.3 is 5.97 Å². The number of fused-ring (bicyclic) bond motifs is 6. The zero-order chi connectivity index (χ0) is 39.7. The smallest absolute Gasteiger partial charge is 0.324 e. The van der Waals surface area contributed by atoms with Gasteiger partial charge in [0.05, 0.1) is 18.9 Å². The number of amides is 2. The van der Waals surface area contributed by atoms with E-state index in [1.54, 1.807) is 25.4 Å². The van der Waals surface area contributed by atoms with E-state index in [-0.39, 0.29) is 31.7 Å². The molecule has 11 nitrogen and oxygen atoms in total. The van der Waals surface area contributed by atoms with E-state index in [1.807, 2.05) is 24.4 Å². The fourth-order valence-electron chi connectivity index (χ4n) is 8.83. The van der Waals surface area contributed by atoms with E-state index >= 15 is 0 Å². The lowest BCUT2D eigenvalue weighted by atomic mass is 9.84. The van der Waals surface area contributed by atoms with Gasteiger partial charge in [-0.1, -0.05) is 32.4 Å². The first kappa shape index (κ1) is 39.4. The van der Waals surface area contributed by atoms with Crippen molar-refractivity contribution in [1.82, 2.24) is 25.3 Å². The number of cyclic esters (lactones) is 1. The quantitative estimate of drug-likeness (QED) is 0.180. The second kappa shape index (κ2) is 16.3. The number of benzene rings is 2. The van der Waals surface area contributed by atoms with Gasteiger partial charge in [-0.05, 0) is 97.2 Å². The number of carbonyl (C=O) groups is 3. The second-order valence-corrected chi connectivity index (χ2v) is 16.2. The molecule has 1 saturated heterocycles. The lowest BCUT2D eigenvalue weighted by Gasteiger charge is -2.36. The van der Waals surface area contributed by atoms with Crippen LogP contribution in [0.3, 0.4) is 0 Å². The monoisotopic (exact) mass is 771 g/mol. The Morgan fingerprint density at radius 2 is 1.93 bits per heavy atom. The third kappa shape index (κ3) is 8.02. The minimum atomic E-state index is -2.65. The average Bonchev–Trinajstić information content (AvgIpc) is 3.79. The van der Waals surface area contributed by atoms with Crippen LogP contribution in [-0.2, 0) is 49.9 Å². The van der Waals surface area contributed by atoms with E-state index < -0.39 is 53.5 Å². The van der Waals surface area contributed by atoms with Gasteiger partial charge in [-0.3, -0.25) is 24.4 Å². The molecule has 1 saturated carbocycles. The first-order valence-corrected chi connectivity index (χ1v) is 19.6. The molecule has 2 aliphatic heterocycles. The molecule has 3 aliphatic rings. The van der Waals surface area contributed by atoms with Gasteiger partial charge in [0.1, 0.15) is 17.8 Å². The Hall–Kier alpha value is -4.88. The molecular formula is C43H51F2N5O6. The molecule has 1 aliphatic carbocycles. The fourth-order valence-corrected chi connectivity index (χ4v) is 8.83. The lowest BCUT2D eigenvalue weighted by molar-refractivity contribution is -0.155. The van der Waals surface area contributed by atoms with Gasteiger partial charge in [0.2, 0.25) is 12.3 Å². The third-order valence-corrected chi connectivity index (χ3v) is 11.5. The topological polar surface area (TPSA) is 135 Å². The van der Waals surface area contributed by atoms with Gasteiger partial charge < -0.3 is 24.5 Å². The Morgan fingerprint density at radius 1 is 1.11 bits per heavy atom. The standard InChI is InChI=1S/C43H51F2N5O6/c1-5-49-37-12-11-26-20-32(37)33(38(49)34-22-46-14-13-27(34)23-55-4)21-43(2,3)24-56-42(54)35-10-7-15-50(48-35)41(53)36(18-25-16-28(26)19-29(51)17-25)47-40(52)31-9-6-8-30(31)39(44)45/h11-14,16-17,19-20,22,30-31,35-36,39,48,51H,5-10,15,18,21,23-24H2,1-4H3,(H,47,52)/t30?,31?,35-,36-/m0/s1. The first-order valence-electron chi connectivity index (χ1n) is 19.6. The summed E-state index contributed by atoms with van der Waals surface area (Å²) in [5.74, 6) is -3.62. The number of hydrazine groups is 1. The van der Waals surface area contributed by atoms with Gasteiger partial charge in [0.25, 0.3) is 5.91 Å². The Balaban J connectivity index is 1.36. The van der Waals surface area contributed by atoms with Gasteiger partial charge in [-0.15, -0.1) is 0 Å². The number of halogens is 2. The molecule has 2 amide bonds. The molecule has 7 rings (SSSR count). The van der Waals surface area contributed by atoms with Crippen molar-refractivity contribution in [1.29, 1.82) is 0 Å². The van der Waals surface area contributed by atoms with Crippen LogP contribution in [0.4, 0.5) is 8.78 Å². The summed E-state index contributed by atoms with van der Waals surface area (Å²) in [4.78, 5) is 46.1. The molecule has 4 heterocycles. The van der Waals surface area contributed by atoms with E-state index in [0.29, 0.717) is 56.4 Å². The largest absolute Gasteiger partial charge is 0.508 e. The van der Waals surface area contributed by atoms with Crippen LogP contribution in [0.5, 0.6) is 5.75 Å². The van der Waals surface area contributed by atoms with E-state index in [4.69, 9.17) is 9.47 Å². The van der Waals surface area contributed by atoms with E-state index in [9.17, 15) is 28.3 Å². The number of hydrogen-bond acceptors (Lipinski definition) is 8. The van der Waals surface area contributed by atoms with Gasteiger partial charge in [0, 0.05) is 72.7 Å². The van der Waals surface area contributed by atoms with E-state index in [1.165, 1.54) is 5.01 Å². The predicted molar refractivity (Wildman–Crippen MR) is 207 cm³/mol. The molecule has 4 atom stereocenters. The molecule has 6 bridgehead atoms. The molecule has 56 heavy (non-hydrogen) atoms. The molecule has 0 spiro atoms. The highest BCUT2D eigenvalue weighted by molar-refractivity contribution is 5.95. The fraction of sp³-hybridized carbons (Fsp3) is 0.488. The van der Waals surface area contributed by atoms with Crippen LogP contribution in [0.1, 0.15) is 69.6 Å². The van der Waals surface area contributed by atoms with Gasteiger partial charge in [-0.2, -0.15) is 0 Å². The van der Waals surface area contributed by atoms with Crippen LogP contribution >= 0.6 is 0 Å².